The van der Waals surface area contributed by atoms with Crippen LogP contribution in [-0.4, -0.2) is 36.1 Å². The topological polar surface area (TPSA) is 76.1 Å². The summed E-state index contributed by atoms with van der Waals surface area (Å²) >= 11 is 0. The minimum atomic E-state index is -0.128. The van der Waals surface area contributed by atoms with Gasteiger partial charge in [0.1, 0.15) is 5.75 Å². The maximum absolute atomic E-state index is 12.2. The first-order valence-corrected chi connectivity index (χ1v) is 9.90. The molecule has 0 atom stereocenters. The third kappa shape index (κ3) is 5.81. The average Bonchev–Trinajstić information content (AvgIpc) is 2.75. The third-order valence-electron chi connectivity index (χ3n) is 4.90. The standard InChI is InChI=1S/C22H28N4O2/c1-28-20-10-6-5-9-18(20)12-14-24-22-25-15-19(16-26-22)21(27)23-13-11-17-7-3-2-4-8-17/h5-7,9-10,15-16H,2-4,8,11-14H2,1H3,(H,23,27)(H,24,25,26). The Kier molecular flexibility index (Phi) is 7.41. The van der Waals surface area contributed by atoms with E-state index in [9.17, 15) is 4.79 Å². The number of para-hydroxylation sites is 1. The number of carbonyl (C=O) groups is 1. The van der Waals surface area contributed by atoms with Crippen LogP contribution >= 0.6 is 0 Å². The van der Waals surface area contributed by atoms with Crippen LogP contribution in [0.4, 0.5) is 5.95 Å². The molecule has 0 aliphatic heterocycles. The zero-order valence-electron chi connectivity index (χ0n) is 16.4. The predicted molar refractivity (Wildman–Crippen MR) is 111 cm³/mol. The first-order valence-electron chi connectivity index (χ1n) is 9.90. The summed E-state index contributed by atoms with van der Waals surface area (Å²) in [5.41, 5.74) is 3.06. The molecule has 1 aliphatic rings. The van der Waals surface area contributed by atoms with Crippen LogP contribution in [0.25, 0.3) is 0 Å². The summed E-state index contributed by atoms with van der Waals surface area (Å²) < 4.78 is 5.35. The number of benzene rings is 1. The number of nitrogens with zero attached hydrogens (tertiary/aromatic N) is 2. The smallest absolute Gasteiger partial charge is 0.254 e. The van der Waals surface area contributed by atoms with Crippen LogP contribution in [0.1, 0.15) is 48.0 Å². The van der Waals surface area contributed by atoms with Gasteiger partial charge >= 0.3 is 0 Å². The van der Waals surface area contributed by atoms with E-state index in [0.717, 1.165) is 30.6 Å². The van der Waals surface area contributed by atoms with Crippen molar-refractivity contribution in [1.82, 2.24) is 15.3 Å². The number of rotatable bonds is 9. The molecule has 3 rings (SSSR count). The molecule has 28 heavy (non-hydrogen) atoms. The minimum Gasteiger partial charge on any atom is -0.496 e. The van der Waals surface area contributed by atoms with E-state index in [-0.39, 0.29) is 5.91 Å². The molecule has 0 unspecified atom stereocenters. The summed E-state index contributed by atoms with van der Waals surface area (Å²) in [6.45, 7) is 1.34. The second-order valence-electron chi connectivity index (χ2n) is 6.90. The Morgan fingerprint density at radius 3 is 2.68 bits per heavy atom. The van der Waals surface area contributed by atoms with E-state index in [0.29, 0.717) is 24.6 Å². The van der Waals surface area contributed by atoms with Gasteiger partial charge < -0.3 is 15.4 Å². The molecule has 0 fully saturated rings. The summed E-state index contributed by atoms with van der Waals surface area (Å²) in [5, 5.41) is 6.13. The molecule has 6 nitrogen and oxygen atoms in total. The molecule has 2 aromatic rings. The van der Waals surface area contributed by atoms with Gasteiger partial charge in [-0.05, 0) is 50.2 Å². The molecule has 2 N–H and O–H groups in total. The zero-order chi connectivity index (χ0) is 19.6. The molecule has 148 valence electrons. The number of nitrogens with one attached hydrogen (secondary N) is 2. The number of ether oxygens (including phenoxy) is 1. The molecule has 1 amide bonds. The second kappa shape index (κ2) is 10.4. The van der Waals surface area contributed by atoms with Gasteiger partial charge in [0.25, 0.3) is 5.91 Å². The molecule has 0 radical (unpaired) electrons. The van der Waals surface area contributed by atoms with Crippen LogP contribution in [0.15, 0.2) is 48.3 Å². The predicted octanol–water partition coefficient (Wildman–Crippen LogP) is 3.76. The summed E-state index contributed by atoms with van der Waals surface area (Å²) in [6.07, 6.45) is 12.0. The quantitative estimate of drug-likeness (QED) is 0.648. The summed E-state index contributed by atoms with van der Waals surface area (Å²) in [6, 6.07) is 7.93. The van der Waals surface area contributed by atoms with Crippen molar-refractivity contribution < 1.29 is 9.53 Å². The molecule has 0 bridgehead atoms. The molecule has 6 heteroatoms. The Balaban J connectivity index is 1.42. The van der Waals surface area contributed by atoms with Crippen LogP contribution in [0.5, 0.6) is 5.75 Å². The fourth-order valence-electron chi connectivity index (χ4n) is 3.33. The van der Waals surface area contributed by atoms with Crippen LogP contribution in [-0.2, 0) is 6.42 Å². The third-order valence-corrected chi connectivity index (χ3v) is 4.90. The molecule has 1 aliphatic carbocycles. The number of amides is 1. The van der Waals surface area contributed by atoms with Gasteiger partial charge in [-0.2, -0.15) is 0 Å². The molecular weight excluding hydrogens is 352 g/mol. The van der Waals surface area contributed by atoms with E-state index < -0.39 is 0 Å². The Morgan fingerprint density at radius 2 is 1.93 bits per heavy atom. The molecule has 0 saturated carbocycles. The molecular formula is C22H28N4O2. The summed E-state index contributed by atoms with van der Waals surface area (Å²) in [7, 11) is 1.67. The van der Waals surface area contributed by atoms with Gasteiger partial charge in [0.15, 0.2) is 0 Å². The lowest BCUT2D eigenvalue weighted by molar-refractivity contribution is 0.0953. The summed E-state index contributed by atoms with van der Waals surface area (Å²) in [4.78, 5) is 20.7. The molecule has 1 aromatic carbocycles. The van der Waals surface area contributed by atoms with Crippen molar-refractivity contribution in [3.63, 3.8) is 0 Å². The molecule has 1 heterocycles. The van der Waals surface area contributed by atoms with E-state index in [1.54, 1.807) is 19.5 Å². The van der Waals surface area contributed by atoms with Crippen LogP contribution < -0.4 is 15.4 Å². The maximum Gasteiger partial charge on any atom is 0.254 e. The van der Waals surface area contributed by atoms with Crippen LogP contribution in [0.2, 0.25) is 0 Å². The maximum atomic E-state index is 12.2. The Labute approximate surface area is 166 Å². The minimum absolute atomic E-state index is 0.128. The number of allylic oxidation sites excluding steroid dienone is 1. The van der Waals surface area contributed by atoms with Crippen molar-refractivity contribution in [3.05, 3.63) is 59.4 Å². The summed E-state index contributed by atoms with van der Waals surface area (Å²) in [5.74, 6) is 1.26. The van der Waals surface area contributed by atoms with Gasteiger partial charge in [0, 0.05) is 25.5 Å². The van der Waals surface area contributed by atoms with Crippen LogP contribution in [0, 0.1) is 0 Å². The lowest BCUT2D eigenvalue weighted by Crippen LogP contribution is -2.25. The van der Waals surface area contributed by atoms with E-state index in [1.165, 1.54) is 24.8 Å². The monoisotopic (exact) mass is 380 g/mol. The van der Waals surface area contributed by atoms with Crippen molar-refractivity contribution in [2.45, 2.75) is 38.5 Å². The lowest BCUT2D eigenvalue weighted by Gasteiger charge is -2.13. The molecule has 0 saturated heterocycles. The Bertz CT molecular complexity index is 802. The van der Waals surface area contributed by atoms with E-state index in [1.807, 2.05) is 24.3 Å². The first kappa shape index (κ1) is 19.9. The van der Waals surface area contributed by atoms with Crippen molar-refractivity contribution in [3.8, 4) is 5.75 Å². The highest BCUT2D eigenvalue weighted by Gasteiger charge is 2.09. The highest BCUT2D eigenvalue weighted by atomic mass is 16.5. The number of hydrogen-bond donors (Lipinski definition) is 2. The normalized spacial score (nSPS) is 13.5. The highest BCUT2D eigenvalue weighted by Crippen LogP contribution is 2.19. The van der Waals surface area contributed by atoms with Gasteiger partial charge in [-0.1, -0.05) is 29.8 Å². The SMILES string of the molecule is COc1ccccc1CCNc1ncc(C(=O)NCCC2=CCCCC2)cn1. The number of methoxy groups -OCH3 is 1. The van der Waals surface area contributed by atoms with E-state index >= 15 is 0 Å². The van der Waals surface area contributed by atoms with Gasteiger partial charge in [-0.15, -0.1) is 0 Å². The number of anilines is 1. The fraction of sp³-hybridized carbons (Fsp3) is 0.409. The molecule has 0 spiro atoms. The van der Waals surface area contributed by atoms with Gasteiger partial charge in [-0.3, -0.25) is 4.79 Å². The Hall–Kier alpha value is -2.89. The number of aromatic nitrogens is 2. The second-order valence-corrected chi connectivity index (χ2v) is 6.90. The van der Waals surface area contributed by atoms with Crippen molar-refractivity contribution in [2.75, 3.05) is 25.5 Å². The van der Waals surface area contributed by atoms with Gasteiger partial charge in [0.2, 0.25) is 5.95 Å². The zero-order valence-corrected chi connectivity index (χ0v) is 16.4. The largest absolute Gasteiger partial charge is 0.496 e. The van der Waals surface area contributed by atoms with Gasteiger partial charge in [-0.25, -0.2) is 9.97 Å². The Morgan fingerprint density at radius 1 is 1.11 bits per heavy atom. The van der Waals surface area contributed by atoms with E-state index in [4.69, 9.17) is 4.74 Å². The van der Waals surface area contributed by atoms with Gasteiger partial charge in [0.05, 0.1) is 12.7 Å². The lowest BCUT2D eigenvalue weighted by atomic mass is 9.97. The van der Waals surface area contributed by atoms with Crippen molar-refractivity contribution >= 4 is 11.9 Å². The highest BCUT2D eigenvalue weighted by molar-refractivity contribution is 5.93. The fourth-order valence-corrected chi connectivity index (χ4v) is 3.33. The number of hydrogen-bond acceptors (Lipinski definition) is 5. The van der Waals surface area contributed by atoms with Crippen molar-refractivity contribution in [1.29, 1.82) is 0 Å². The first-order chi connectivity index (χ1) is 13.8. The van der Waals surface area contributed by atoms with Crippen molar-refractivity contribution in [2.24, 2.45) is 0 Å². The average molecular weight is 380 g/mol. The molecule has 1 aromatic heterocycles. The van der Waals surface area contributed by atoms with E-state index in [2.05, 4.69) is 26.7 Å². The van der Waals surface area contributed by atoms with Crippen LogP contribution in [0.3, 0.4) is 0 Å². The number of carbonyl (C=O) groups excluding carboxylic acids is 1.